The number of benzene rings is 3. The van der Waals surface area contributed by atoms with Crippen LogP contribution in [0.25, 0.3) is 0 Å². The van der Waals surface area contributed by atoms with Crippen molar-refractivity contribution < 1.29 is 9.59 Å². The maximum atomic E-state index is 12.8. The number of amides is 2. The average molecular weight is 437 g/mol. The van der Waals surface area contributed by atoms with Crippen LogP contribution in [0.1, 0.15) is 43.6 Å². The van der Waals surface area contributed by atoms with Crippen LogP contribution in [0.15, 0.2) is 77.3 Å². The summed E-state index contributed by atoms with van der Waals surface area (Å²) in [5, 5.41) is 5.89. The van der Waals surface area contributed by atoms with Gasteiger partial charge in [-0.2, -0.15) is 0 Å². The van der Waals surface area contributed by atoms with Gasteiger partial charge in [0.05, 0.1) is 0 Å². The van der Waals surface area contributed by atoms with Crippen LogP contribution in [0.5, 0.6) is 0 Å². The highest BCUT2D eigenvalue weighted by Gasteiger charge is 2.20. The molecule has 0 saturated carbocycles. The first-order valence-corrected chi connectivity index (χ1v) is 9.73. The highest BCUT2D eigenvalue weighted by molar-refractivity contribution is 9.10. The van der Waals surface area contributed by atoms with Crippen molar-refractivity contribution in [2.75, 3.05) is 0 Å². The summed E-state index contributed by atoms with van der Waals surface area (Å²) in [6.07, 6.45) is -0.660. The predicted molar refractivity (Wildman–Crippen MR) is 114 cm³/mol. The Kier molecular flexibility index (Phi) is 6.26. The Morgan fingerprint density at radius 2 is 1.14 bits per heavy atom. The van der Waals surface area contributed by atoms with Crippen LogP contribution in [-0.2, 0) is 0 Å². The molecule has 0 heterocycles. The van der Waals surface area contributed by atoms with Crippen molar-refractivity contribution in [1.82, 2.24) is 10.6 Å². The van der Waals surface area contributed by atoms with Gasteiger partial charge in [0.2, 0.25) is 0 Å². The molecule has 28 heavy (non-hydrogen) atoms. The van der Waals surface area contributed by atoms with E-state index in [1.807, 2.05) is 74.5 Å². The lowest BCUT2D eigenvalue weighted by Gasteiger charge is -2.22. The number of aryl methyl sites for hydroxylation is 2. The lowest BCUT2D eigenvalue weighted by molar-refractivity contribution is 0.0883. The van der Waals surface area contributed by atoms with Gasteiger partial charge in [-0.25, -0.2) is 0 Å². The molecule has 5 heteroatoms. The van der Waals surface area contributed by atoms with Crippen molar-refractivity contribution in [3.63, 3.8) is 0 Å². The van der Waals surface area contributed by atoms with E-state index < -0.39 is 6.17 Å². The summed E-state index contributed by atoms with van der Waals surface area (Å²) in [6, 6.07) is 22.2. The first-order valence-electron chi connectivity index (χ1n) is 8.94. The second kappa shape index (κ2) is 8.85. The van der Waals surface area contributed by atoms with Gasteiger partial charge in [-0.1, -0.05) is 64.5 Å². The number of halogens is 1. The van der Waals surface area contributed by atoms with E-state index >= 15 is 0 Å². The molecule has 0 unspecified atom stereocenters. The standard InChI is InChI=1S/C23H21BrN2O2/c1-15-7-3-5-9-19(15)22(27)25-21(17-11-13-18(24)14-12-17)26-23(28)20-10-6-4-8-16(20)2/h3-14,21H,1-2H3,(H,25,27)(H,26,28). The molecule has 0 aromatic heterocycles. The van der Waals surface area contributed by atoms with Crippen LogP contribution < -0.4 is 10.6 Å². The third-order valence-corrected chi connectivity index (χ3v) is 5.06. The second-order valence-corrected chi connectivity index (χ2v) is 7.48. The van der Waals surface area contributed by atoms with Crippen LogP contribution in [0.3, 0.4) is 0 Å². The molecule has 0 atom stereocenters. The molecule has 0 aliphatic carbocycles. The first kappa shape index (κ1) is 19.8. The van der Waals surface area contributed by atoms with Gasteiger partial charge >= 0.3 is 0 Å². The molecule has 0 bridgehead atoms. The SMILES string of the molecule is Cc1ccccc1C(=O)NC(NC(=O)c1ccccc1C)c1ccc(Br)cc1. The van der Waals surface area contributed by atoms with E-state index in [1.165, 1.54) is 0 Å². The highest BCUT2D eigenvalue weighted by Crippen LogP contribution is 2.18. The summed E-state index contributed by atoms with van der Waals surface area (Å²) in [6.45, 7) is 3.77. The molecule has 3 aromatic rings. The van der Waals surface area contributed by atoms with Gasteiger partial charge in [0.25, 0.3) is 11.8 Å². The summed E-state index contributed by atoms with van der Waals surface area (Å²) >= 11 is 3.41. The van der Waals surface area contributed by atoms with Crippen molar-refractivity contribution in [2.45, 2.75) is 20.0 Å². The molecule has 3 aromatic carbocycles. The van der Waals surface area contributed by atoms with E-state index in [0.717, 1.165) is 21.2 Å². The van der Waals surface area contributed by atoms with Gasteiger partial charge in [0.1, 0.15) is 6.17 Å². The lowest BCUT2D eigenvalue weighted by Crippen LogP contribution is -2.41. The molecule has 4 nitrogen and oxygen atoms in total. The van der Waals surface area contributed by atoms with Crippen molar-refractivity contribution in [1.29, 1.82) is 0 Å². The Morgan fingerprint density at radius 3 is 1.57 bits per heavy atom. The zero-order chi connectivity index (χ0) is 20.1. The van der Waals surface area contributed by atoms with E-state index in [-0.39, 0.29) is 11.8 Å². The van der Waals surface area contributed by atoms with Crippen LogP contribution in [0, 0.1) is 13.8 Å². The Hall–Kier alpha value is -2.92. The number of hydrogen-bond acceptors (Lipinski definition) is 2. The van der Waals surface area contributed by atoms with Gasteiger partial charge in [0, 0.05) is 15.6 Å². The summed E-state index contributed by atoms with van der Waals surface area (Å²) in [5.41, 5.74) is 3.69. The third kappa shape index (κ3) is 4.67. The van der Waals surface area contributed by atoms with E-state index in [9.17, 15) is 9.59 Å². The van der Waals surface area contributed by atoms with Gasteiger partial charge < -0.3 is 10.6 Å². The lowest BCUT2D eigenvalue weighted by atomic mass is 10.1. The Balaban J connectivity index is 1.88. The number of nitrogens with one attached hydrogen (secondary N) is 2. The molecule has 0 saturated heterocycles. The molecule has 3 rings (SSSR count). The van der Waals surface area contributed by atoms with Crippen LogP contribution in [0.4, 0.5) is 0 Å². The minimum atomic E-state index is -0.660. The zero-order valence-electron chi connectivity index (χ0n) is 15.7. The second-order valence-electron chi connectivity index (χ2n) is 6.56. The summed E-state index contributed by atoms with van der Waals surface area (Å²) < 4.78 is 0.922. The van der Waals surface area contributed by atoms with E-state index in [0.29, 0.717) is 11.1 Å². The fraction of sp³-hybridized carbons (Fsp3) is 0.130. The molecule has 142 valence electrons. The van der Waals surface area contributed by atoms with Gasteiger partial charge in [-0.15, -0.1) is 0 Å². The quantitative estimate of drug-likeness (QED) is 0.557. The van der Waals surface area contributed by atoms with Crippen LogP contribution in [-0.4, -0.2) is 11.8 Å². The van der Waals surface area contributed by atoms with Crippen molar-refractivity contribution in [2.24, 2.45) is 0 Å². The van der Waals surface area contributed by atoms with Gasteiger partial charge in [-0.3, -0.25) is 9.59 Å². The van der Waals surface area contributed by atoms with E-state index in [4.69, 9.17) is 0 Å². The van der Waals surface area contributed by atoms with Gasteiger partial charge in [0.15, 0.2) is 0 Å². The van der Waals surface area contributed by atoms with E-state index in [1.54, 1.807) is 12.1 Å². The maximum Gasteiger partial charge on any atom is 0.253 e. The third-order valence-electron chi connectivity index (χ3n) is 4.53. The topological polar surface area (TPSA) is 58.2 Å². The average Bonchev–Trinajstić information content (AvgIpc) is 2.68. The normalized spacial score (nSPS) is 10.6. The number of carbonyl (C=O) groups excluding carboxylic acids is 2. The van der Waals surface area contributed by atoms with Gasteiger partial charge in [-0.05, 0) is 54.8 Å². The molecule has 0 radical (unpaired) electrons. The molecule has 0 aliphatic rings. The first-order chi connectivity index (χ1) is 13.5. The molecule has 0 aliphatic heterocycles. The summed E-state index contributed by atoms with van der Waals surface area (Å²) in [4.78, 5) is 25.7. The van der Waals surface area contributed by atoms with Crippen molar-refractivity contribution in [3.05, 3.63) is 105 Å². The Morgan fingerprint density at radius 1 is 0.714 bits per heavy atom. The monoisotopic (exact) mass is 436 g/mol. The summed E-state index contributed by atoms with van der Waals surface area (Å²) in [5.74, 6) is -0.479. The molecule has 0 spiro atoms. The highest BCUT2D eigenvalue weighted by atomic mass is 79.9. The summed E-state index contributed by atoms with van der Waals surface area (Å²) in [7, 11) is 0. The zero-order valence-corrected chi connectivity index (χ0v) is 17.3. The fourth-order valence-electron chi connectivity index (χ4n) is 2.93. The largest absolute Gasteiger partial charge is 0.328 e. The van der Waals surface area contributed by atoms with Crippen molar-refractivity contribution >= 4 is 27.7 Å². The van der Waals surface area contributed by atoms with Crippen molar-refractivity contribution in [3.8, 4) is 0 Å². The Bertz CT molecular complexity index is 940. The van der Waals surface area contributed by atoms with Crippen LogP contribution in [0.2, 0.25) is 0 Å². The maximum absolute atomic E-state index is 12.8. The minimum absolute atomic E-state index is 0.240. The number of hydrogen-bond donors (Lipinski definition) is 2. The number of carbonyl (C=O) groups is 2. The molecular formula is C23H21BrN2O2. The Labute approximate surface area is 173 Å². The fourth-order valence-corrected chi connectivity index (χ4v) is 3.20. The number of rotatable bonds is 5. The molecule has 2 N–H and O–H groups in total. The smallest absolute Gasteiger partial charge is 0.253 e. The molecule has 2 amide bonds. The predicted octanol–water partition coefficient (Wildman–Crippen LogP) is 4.92. The minimum Gasteiger partial charge on any atom is -0.328 e. The van der Waals surface area contributed by atoms with Crippen LogP contribution >= 0.6 is 15.9 Å². The van der Waals surface area contributed by atoms with E-state index in [2.05, 4.69) is 26.6 Å². The molecular weight excluding hydrogens is 416 g/mol. The molecule has 0 fully saturated rings.